The first kappa shape index (κ1) is 8.52. The lowest BCUT2D eigenvalue weighted by Gasteiger charge is -2.18. The lowest BCUT2D eigenvalue weighted by molar-refractivity contribution is -0.660. The van der Waals surface area contributed by atoms with E-state index in [9.17, 15) is 0 Å². The van der Waals surface area contributed by atoms with Crippen molar-refractivity contribution in [2.75, 3.05) is 0 Å². The number of hydrogen-bond donors (Lipinski definition) is 0. The third kappa shape index (κ3) is 2.30. The summed E-state index contributed by atoms with van der Waals surface area (Å²) >= 11 is 0. The second kappa shape index (κ2) is 4.80. The molecule has 1 aliphatic carbocycles. The minimum Gasteiger partial charge on any atom is -0.201 e. The summed E-state index contributed by atoms with van der Waals surface area (Å²) in [5, 5.41) is 0. The van der Waals surface area contributed by atoms with E-state index in [4.69, 9.17) is 5.48 Å². The van der Waals surface area contributed by atoms with Gasteiger partial charge in [-0.2, -0.15) is 0 Å². The van der Waals surface area contributed by atoms with E-state index in [1.807, 2.05) is 55.9 Å². The summed E-state index contributed by atoms with van der Waals surface area (Å²) in [6.45, 7) is 4.01. The van der Waals surface area contributed by atoms with Crippen LogP contribution in [0.4, 0.5) is 0 Å². The van der Waals surface area contributed by atoms with Crippen LogP contribution in [0.1, 0.15) is 40.6 Å². The number of pyridine rings is 1. The fourth-order valence-corrected chi connectivity index (χ4v) is 2.70. The second-order valence-electron chi connectivity index (χ2n) is 5.27. The average Bonchev–Trinajstić information content (AvgIpc) is 2.44. The van der Waals surface area contributed by atoms with E-state index in [0.29, 0.717) is 11.1 Å². The van der Waals surface area contributed by atoms with Crippen molar-refractivity contribution in [3.8, 4) is 11.3 Å². The van der Waals surface area contributed by atoms with Crippen molar-refractivity contribution in [2.45, 2.75) is 39.4 Å². The minimum absolute atomic E-state index is 0.218. The molecule has 0 saturated heterocycles. The van der Waals surface area contributed by atoms with Crippen LogP contribution in [0.2, 0.25) is 0 Å². The van der Waals surface area contributed by atoms with Crippen LogP contribution in [0.5, 0.6) is 0 Å². The molecule has 0 atom stereocenters. The fourth-order valence-electron chi connectivity index (χ4n) is 2.70. The first-order valence-electron chi connectivity index (χ1n) is 8.74. The fraction of sp³-hybridized carbons (Fsp3) is 0.389. The Bertz CT molecular complexity index is 781. The molecule has 1 aromatic carbocycles. The van der Waals surface area contributed by atoms with Gasteiger partial charge in [0.05, 0.1) is 0 Å². The summed E-state index contributed by atoms with van der Waals surface area (Å²) in [5.41, 5.74) is 5.12. The van der Waals surface area contributed by atoms with Crippen molar-refractivity contribution in [1.29, 1.82) is 0 Å². The van der Waals surface area contributed by atoms with Gasteiger partial charge in [0.2, 0.25) is 5.69 Å². The van der Waals surface area contributed by atoms with Crippen molar-refractivity contribution in [3.63, 3.8) is 0 Å². The van der Waals surface area contributed by atoms with Crippen molar-refractivity contribution < 1.29 is 10.1 Å². The van der Waals surface area contributed by atoms with Gasteiger partial charge in [-0.25, -0.2) is 4.57 Å². The Labute approximate surface area is 121 Å². The highest BCUT2D eigenvalue weighted by atomic mass is 14.9. The molecular formula is C18H22N+. The number of hydrogen-bond acceptors (Lipinski definition) is 0. The third-order valence-corrected chi connectivity index (χ3v) is 3.68. The maximum absolute atomic E-state index is 8.30. The van der Waals surface area contributed by atoms with E-state index in [1.54, 1.807) is 0 Å². The molecule has 0 fully saturated rings. The summed E-state index contributed by atoms with van der Waals surface area (Å²) in [6, 6.07) is 7.77. The molecule has 1 heteroatoms. The van der Waals surface area contributed by atoms with Gasteiger partial charge in [0.15, 0.2) is 6.20 Å². The zero-order chi connectivity index (χ0) is 17.0. The van der Waals surface area contributed by atoms with Crippen LogP contribution in [-0.2, 0) is 19.8 Å². The van der Waals surface area contributed by atoms with Crippen LogP contribution < -0.4 is 4.57 Å². The highest BCUT2D eigenvalue weighted by Gasteiger charge is 2.17. The lowest BCUT2D eigenvalue weighted by Crippen LogP contribution is -2.31. The van der Waals surface area contributed by atoms with Gasteiger partial charge in [0.1, 0.15) is 7.05 Å². The van der Waals surface area contributed by atoms with Crippen LogP contribution in [0.15, 0.2) is 30.5 Å². The second-order valence-corrected chi connectivity index (χ2v) is 5.27. The topological polar surface area (TPSA) is 3.88 Å². The Hall–Kier alpha value is -1.63. The molecule has 1 heterocycles. The zero-order valence-electron chi connectivity index (χ0n) is 15.7. The lowest BCUT2D eigenvalue weighted by atomic mass is 9.87. The normalized spacial score (nSPS) is 22.7. The van der Waals surface area contributed by atoms with Gasteiger partial charge in [-0.05, 0) is 68.3 Å². The molecule has 1 aliphatic rings. The van der Waals surface area contributed by atoms with E-state index in [2.05, 4.69) is 0 Å². The number of fused-ring (bicyclic) bond motifs is 1. The van der Waals surface area contributed by atoms with Crippen molar-refractivity contribution in [1.82, 2.24) is 0 Å². The van der Waals surface area contributed by atoms with Crippen LogP contribution in [0.25, 0.3) is 11.3 Å². The summed E-state index contributed by atoms with van der Waals surface area (Å²) in [6.07, 6.45) is -0.450. The van der Waals surface area contributed by atoms with Gasteiger partial charge in [-0.3, -0.25) is 0 Å². The molecule has 2 aromatic rings. The summed E-state index contributed by atoms with van der Waals surface area (Å²) in [4.78, 5) is 0. The van der Waals surface area contributed by atoms with E-state index in [-0.39, 0.29) is 12.8 Å². The van der Waals surface area contributed by atoms with Gasteiger partial charge in [0.25, 0.3) is 0 Å². The van der Waals surface area contributed by atoms with Gasteiger partial charge in [-0.1, -0.05) is 6.07 Å². The van der Waals surface area contributed by atoms with Crippen LogP contribution in [0.3, 0.4) is 0 Å². The van der Waals surface area contributed by atoms with E-state index < -0.39 is 12.7 Å². The van der Waals surface area contributed by atoms with Gasteiger partial charge >= 0.3 is 0 Å². The predicted octanol–water partition coefficient (Wildman–Crippen LogP) is 3.67. The summed E-state index contributed by atoms with van der Waals surface area (Å²) < 4.78 is 35.1. The van der Waals surface area contributed by atoms with Gasteiger partial charge < -0.3 is 0 Å². The van der Waals surface area contributed by atoms with Crippen molar-refractivity contribution in [3.05, 3.63) is 52.7 Å². The monoisotopic (exact) mass is 256 g/mol. The number of benzene rings is 1. The van der Waals surface area contributed by atoms with E-state index in [0.717, 1.165) is 16.8 Å². The molecule has 0 spiro atoms. The molecule has 0 amide bonds. The Morgan fingerprint density at radius 2 is 1.74 bits per heavy atom. The molecule has 0 N–H and O–H groups in total. The van der Waals surface area contributed by atoms with Crippen LogP contribution >= 0.6 is 0 Å². The standard InChI is InChI=1S/C18H22N/c1-13-8-9-18(19(3)12-13)17-11-16-7-5-4-6-15(16)10-14(17)2/h8-12H,4-7H2,1-3H3/q+1/i6D2,7D2. The van der Waals surface area contributed by atoms with Crippen molar-refractivity contribution >= 4 is 0 Å². The first-order chi connectivity index (χ1) is 10.6. The molecule has 3 rings (SSSR count). The Morgan fingerprint density at radius 1 is 1.05 bits per heavy atom. The molecule has 0 aliphatic heterocycles. The molecule has 19 heavy (non-hydrogen) atoms. The molecule has 1 nitrogen and oxygen atoms in total. The number of nitrogens with zero attached hydrogens (tertiary/aromatic N) is 1. The SMILES string of the molecule is [2H]C1([2H])CCC([2H])([2H])c2cc(-c3ccc(C)c[n+]3C)c(C)cc21. The number of rotatable bonds is 1. The first-order valence-corrected chi connectivity index (χ1v) is 6.74. The van der Waals surface area contributed by atoms with E-state index >= 15 is 0 Å². The molecule has 0 radical (unpaired) electrons. The van der Waals surface area contributed by atoms with Crippen LogP contribution in [0, 0.1) is 13.8 Å². The van der Waals surface area contributed by atoms with Gasteiger partial charge in [-0.15, -0.1) is 0 Å². The summed E-state index contributed by atoms with van der Waals surface area (Å²) in [5.74, 6) is 0. The predicted molar refractivity (Wildman–Crippen MR) is 79.2 cm³/mol. The molecule has 0 unspecified atom stereocenters. The number of aryl methyl sites for hydroxylation is 5. The van der Waals surface area contributed by atoms with Crippen LogP contribution in [-0.4, -0.2) is 0 Å². The Morgan fingerprint density at radius 3 is 2.42 bits per heavy atom. The Kier molecular flexibility index (Phi) is 2.16. The largest absolute Gasteiger partial charge is 0.212 e. The average molecular weight is 256 g/mol. The molecule has 0 bridgehead atoms. The highest BCUT2D eigenvalue weighted by Crippen LogP contribution is 2.29. The summed E-state index contributed by atoms with van der Waals surface area (Å²) in [7, 11) is 1.98. The molecule has 1 aromatic heterocycles. The highest BCUT2D eigenvalue weighted by molar-refractivity contribution is 5.63. The Balaban J connectivity index is 2.26. The molecule has 0 saturated carbocycles. The smallest absolute Gasteiger partial charge is 0.201 e. The quantitative estimate of drug-likeness (QED) is 0.685. The molecular weight excluding hydrogens is 230 g/mol. The maximum atomic E-state index is 8.30. The zero-order valence-corrected chi connectivity index (χ0v) is 11.7. The maximum Gasteiger partial charge on any atom is 0.212 e. The van der Waals surface area contributed by atoms with E-state index in [1.165, 1.54) is 5.56 Å². The number of aromatic nitrogens is 1. The molecule has 98 valence electrons. The minimum atomic E-state index is -1.48. The third-order valence-electron chi connectivity index (χ3n) is 3.68. The van der Waals surface area contributed by atoms with Crippen molar-refractivity contribution in [2.24, 2.45) is 7.05 Å². The van der Waals surface area contributed by atoms with Gasteiger partial charge in [0, 0.05) is 22.7 Å².